The monoisotopic (exact) mass is 168 g/mol. The van der Waals surface area contributed by atoms with E-state index in [1.54, 1.807) is 0 Å². The molecule has 0 unspecified atom stereocenters. The number of alkyl halides is 1. The smallest absolute Gasteiger partial charge is 0.0430 e. The molecule has 0 heterocycles. The first-order chi connectivity index (χ1) is 5.08. The maximum absolute atomic E-state index is 6.07. The Hall–Kier alpha value is -0.490. The van der Waals surface area contributed by atoms with Crippen LogP contribution in [0.3, 0.4) is 0 Å². The van der Waals surface area contributed by atoms with Crippen molar-refractivity contribution in [1.82, 2.24) is 0 Å². The molecule has 0 aliphatic carbocycles. The van der Waals surface area contributed by atoms with Crippen molar-refractivity contribution in [2.24, 2.45) is 0 Å². The van der Waals surface area contributed by atoms with Gasteiger partial charge in [0.05, 0.1) is 0 Å². The van der Waals surface area contributed by atoms with E-state index in [9.17, 15) is 0 Å². The van der Waals surface area contributed by atoms with Crippen LogP contribution in [0.2, 0.25) is 0 Å². The molecule has 0 aliphatic rings. The highest BCUT2D eigenvalue weighted by Crippen LogP contribution is 2.18. The van der Waals surface area contributed by atoms with E-state index in [4.69, 9.17) is 11.6 Å². The molecule has 11 heavy (non-hydrogen) atoms. The molecule has 0 amide bonds. The average Bonchev–Trinajstić information content (AvgIpc) is 1.85. The van der Waals surface area contributed by atoms with E-state index in [1.807, 2.05) is 32.0 Å². The van der Waals surface area contributed by atoms with Gasteiger partial charge in [0.2, 0.25) is 0 Å². The van der Waals surface area contributed by atoms with Gasteiger partial charge < -0.3 is 0 Å². The lowest BCUT2D eigenvalue weighted by molar-refractivity contribution is 0.694. The van der Waals surface area contributed by atoms with Crippen molar-refractivity contribution in [3.63, 3.8) is 0 Å². The Morgan fingerprint density at radius 3 is 2.18 bits per heavy atom. The zero-order valence-electron chi connectivity index (χ0n) is 6.97. The van der Waals surface area contributed by atoms with Gasteiger partial charge in [-0.2, -0.15) is 0 Å². The first-order valence-corrected chi connectivity index (χ1v) is 4.18. The molecule has 0 spiro atoms. The Morgan fingerprint density at radius 1 is 1.18 bits per heavy atom. The third kappa shape index (κ3) is 3.43. The summed E-state index contributed by atoms with van der Waals surface area (Å²) in [6.07, 6.45) is 0.926. The second-order valence-corrected chi connectivity index (χ2v) is 4.40. The maximum atomic E-state index is 6.07. The van der Waals surface area contributed by atoms with Crippen LogP contribution in [0.1, 0.15) is 19.4 Å². The van der Waals surface area contributed by atoms with E-state index in [0.717, 1.165) is 6.42 Å². The summed E-state index contributed by atoms with van der Waals surface area (Å²) < 4.78 is 0. The summed E-state index contributed by atoms with van der Waals surface area (Å²) in [5, 5.41) is 0. The number of benzene rings is 1. The van der Waals surface area contributed by atoms with Crippen molar-refractivity contribution in [2.75, 3.05) is 0 Å². The molecule has 0 radical (unpaired) electrons. The second kappa shape index (κ2) is 3.27. The van der Waals surface area contributed by atoms with Crippen LogP contribution in [0.15, 0.2) is 30.3 Å². The number of halogens is 1. The maximum Gasteiger partial charge on any atom is 0.0430 e. The summed E-state index contributed by atoms with van der Waals surface area (Å²) in [7, 11) is 0. The first kappa shape index (κ1) is 8.61. The zero-order chi connectivity index (χ0) is 8.32. The number of hydrogen-bond donors (Lipinski definition) is 0. The predicted octanol–water partition coefficient (Wildman–Crippen LogP) is 3.25. The van der Waals surface area contributed by atoms with Crippen LogP contribution in [0.4, 0.5) is 0 Å². The second-order valence-electron chi connectivity index (χ2n) is 3.38. The minimum Gasteiger partial charge on any atom is -0.120 e. The Bertz CT molecular complexity index is 208. The zero-order valence-corrected chi connectivity index (χ0v) is 7.73. The number of hydrogen-bond acceptors (Lipinski definition) is 0. The molecule has 0 aromatic heterocycles. The van der Waals surface area contributed by atoms with Gasteiger partial charge in [-0.1, -0.05) is 30.3 Å². The van der Waals surface area contributed by atoms with Gasteiger partial charge in [-0.25, -0.2) is 0 Å². The van der Waals surface area contributed by atoms with E-state index in [-0.39, 0.29) is 4.87 Å². The Morgan fingerprint density at radius 2 is 1.73 bits per heavy atom. The fourth-order valence-electron chi connectivity index (χ4n) is 1.08. The highest BCUT2D eigenvalue weighted by atomic mass is 35.5. The quantitative estimate of drug-likeness (QED) is 0.595. The predicted molar refractivity (Wildman–Crippen MR) is 50.1 cm³/mol. The van der Waals surface area contributed by atoms with E-state index in [1.165, 1.54) is 5.56 Å². The van der Waals surface area contributed by atoms with Gasteiger partial charge in [-0.05, 0) is 25.8 Å². The first-order valence-electron chi connectivity index (χ1n) is 3.81. The Labute approximate surface area is 73.2 Å². The Kier molecular flexibility index (Phi) is 2.56. The van der Waals surface area contributed by atoms with Gasteiger partial charge in [-0.15, -0.1) is 11.6 Å². The lowest BCUT2D eigenvalue weighted by Crippen LogP contribution is -2.13. The SMILES string of the molecule is CC(C)(Cl)Cc1ccccc1. The molecule has 0 atom stereocenters. The lowest BCUT2D eigenvalue weighted by Gasteiger charge is -2.14. The van der Waals surface area contributed by atoms with Crippen LogP contribution in [0, 0.1) is 0 Å². The lowest BCUT2D eigenvalue weighted by atomic mass is 10.0. The van der Waals surface area contributed by atoms with Crippen LogP contribution in [0.25, 0.3) is 0 Å². The minimum atomic E-state index is -0.124. The van der Waals surface area contributed by atoms with Gasteiger partial charge >= 0.3 is 0 Å². The topological polar surface area (TPSA) is 0 Å². The van der Waals surface area contributed by atoms with E-state index in [0.29, 0.717) is 0 Å². The molecule has 0 N–H and O–H groups in total. The van der Waals surface area contributed by atoms with E-state index < -0.39 is 0 Å². The summed E-state index contributed by atoms with van der Waals surface area (Å²) in [6, 6.07) is 10.3. The highest BCUT2D eigenvalue weighted by Gasteiger charge is 2.12. The van der Waals surface area contributed by atoms with Crippen molar-refractivity contribution in [1.29, 1.82) is 0 Å². The van der Waals surface area contributed by atoms with Crippen molar-refractivity contribution < 1.29 is 0 Å². The Balaban J connectivity index is 2.66. The average molecular weight is 169 g/mol. The molecule has 1 aromatic carbocycles. The van der Waals surface area contributed by atoms with Crippen LogP contribution in [-0.2, 0) is 6.42 Å². The third-order valence-electron chi connectivity index (χ3n) is 1.47. The van der Waals surface area contributed by atoms with Gasteiger partial charge in [0.1, 0.15) is 0 Å². The van der Waals surface area contributed by atoms with E-state index in [2.05, 4.69) is 12.1 Å². The molecule has 0 saturated carbocycles. The molecule has 1 rings (SSSR count). The molecule has 0 saturated heterocycles. The van der Waals surface area contributed by atoms with Crippen LogP contribution >= 0.6 is 11.6 Å². The van der Waals surface area contributed by atoms with Crippen LogP contribution < -0.4 is 0 Å². The van der Waals surface area contributed by atoms with Gasteiger partial charge in [-0.3, -0.25) is 0 Å². The van der Waals surface area contributed by atoms with Crippen LogP contribution in [0.5, 0.6) is 0 Å². The molecule has 0 aliphatic heterocycles. The molecular formula is C10H13Cl. The number of rotatable bonds is 2. The third-order valence-corrected chi connectivity index (χ3v) is 1.60. The minimum absolute atomic E-state index is 0.124. The summed E-state index contributed by atoms with van der Waals surface area (Å²) >= 11 is 6.07. The molecular weight excluding hydrogens is 156 g/mol. The molecule has 0 fully saturated rings. The fraction of sp³-hybridized carbons (Fsp3) is 0.400. The van der Waals surface area contributed by atoms with E-state index >= 15 is 0 Å². The fourth-order valence-corrected chi connectivity index (χ4v) is 1.24. The summed E-state index contributed by atoms with van der Waals surface area (Å²) in [4.78, 5) is -0.124. The van der Waals surface area contributed by atoms with Gasteiger partial charge in [0.25, 0.3) is 0 Å². The summed E-state index contributed by atoms with van der Waals surface area (Å²) in [6.45, 7) is 4.06. The molecule has 0 bridgehead atoms. The highest BCUT2D eigenvalue weighted by molar-refractivity contribution is 6.23. The van der Waals surface area contributed by atoms with Crippen molar-refractivity contribution in [3.05, 3.63) is 35.9 Å². The molecule has 0 nitrogen and oxygen atoms in total. The molecule has 1 aromatic rings. The molecule has 60 valence electrons. The standard InChI is InChI=1S/C10H13Cl/c1-10(2,11)8-9-6-4-3-5-7-9/h3-7H,8H2,1-2H3. The molecule has 1 heteroatoms. The van der Waals surface area contributed by atoms with Crippen molar-refractivity contribution in [2.45, 2.75) is 25.1 Å². The van der Waals surface area contributed by atoms with Crippen LogP contribution in [-0.4, -0.2) is 4.87 Å². The van der Waals surface area contributed by atoms with Gasteiger partial charge in [0, 0.05) is 4.87 Å². The largest absolute Gasteiger partial charge is 0.120 e. The summed E-state index contributed by atoms with van der Waals surface area (Å²) in [5.41, 5.74) is 1.30. The van der Waals surface area contributed by atoms with Crippen molar-refractivity contribution >= 4 is 11.6 Å². The summed E-state index contributed by atoms with van der Waals surface area (Å²) in [5.74, 6) is 0. The normalized spacial score (nSPS) is 11.5. The van der Waals surface area contributed by atoms with Gasteiger partial charge in [0.15, 0.2) is 0 Å². The van der Waals surface area contributed by atoms with Crippen molar-refractivity contribution in [3.8, 4) is 0 Å².